The molecule has 1 aliphatic heterocycles. The van der Waals surface area contributed by atoms with E-state index in [0.717, 1.165) is 0 Å². The van der Waals surface area contributed by atoms with Gasteiger partial charge in [-0.25, -0.2) is 0 Å². The monoisotopic (exact) mass is 301 g/mol. The first-order valence-corrected chi connectivity index (χ1v) is 6.86. The number of carbonyl (C=O) groups is 1. The molecule has 6 heteroatoms. The van der Waals surface area contributed by atoms with Gasteiger partial charge in [0.25, 0.3) is 0 Å². The van der Waals surface area contributed by atoms with Crippen molar-refractivity contribution in [3.63, 3.8) is 0 Å². The van der Waals surface area contributed by atoms with E-state index in [4.69, 9.17) is 0 Å². The number of hydrogen-bond acceptors (Lipinski definition) is 5. The molecule has 0 saturated carbocycles. The summed E-state index contributed by atoms with van der Waals surface area (Å²) in [6.07, 6.45) is 0.650. The van der Waals surface area contributed by atoms with Crippen molar-refractivity contribution in [1.29, 1.82) is 10.5 Å². The van der Waals surface area contributed by atoms with E-state index >= 15 is 0 Å². The molecule has 110 valence electrons. The van der Waals surface area contributed by atoms with E-state index in [1.807, 2.05) is 0 Å². The number of aromatic nitrogens is 2. The number of nitriles is 2. The number of allylic oxidation sites excluding steroid dienone is 4. The molecule has 0 saturated heterocycles. The molecule has 0 aliphatic carbocycles. The zero-order valence-electron chi connectivity index (χ0n) is 12.5. The molecule has 0 spiro atoms. The van der Waals surface area contributed by atoms with E-state index in [-0.39, 0.29) is 5.69 Å². The normalized spacial score (nSPS) is 15.0. The molecule has 0 bridgehead atoms. The summed E-state index contributed by atoms with van der Waals surface area (Å²) in [6, 6.07) is 11.9. The van der Waals surface area contributed by atoms with Crippen LogP contribution in [-0.4, -0.2) is 16.5 Å². The first kappa shape index (κ1) is 14.4. The Balaban J connectivity index is 2.25. The molecule has 6 nitrogen and oxygen atoms in total. The Morgan fingerprint density at radius 2 is 1.87 bits per heavy atom. The summed E-state index contributed by atoms with van der Waals surface area (Å²) in [7, 11) is 0. The summed E-state index contributed by atoms with van der Waals surface area (Å²) in [4.78, 5) is 11.1. The van der Waals surface area contributed by atoms with E-state index < -0.39 is 5.92 Å². The van der Waals surface area contributed by atoms with Crippen LogP contribution >= 0.6 is 0 Å². The van der Waals surface area contributed by atoms with Gasteiger partial charge in [0.2, 0.25) is 0 Å². The molecule has 0 atom stereocenters. The number of H-pyrrole nitrogens is 1. The number of carbonyl (C=O) groups excluding carboxylic acids is 1. The van der Waals surface area contributed by atoms with Gasteiger partial charge < -0.3 is 5.32 Å². The van der Waals surface area contributed by atoms with Crippen LogP contribution in [0.15, 0.2) is 28.6 Å². The van der Waals surface area contributed by atoms with Crippen LogP contribution in [0.25, 0.3) is 10.9 Å². The van der Waals surface area contributed by atoms with E-state index in [1.54, 1.807) is 19.9 Å². The zero-order valence-corrected chi connectivity index (χ0v) is 12.5. The Labute approximate surface area is 132 Å². The van der Waals surface area contributed by atoms with Crippen molar-refractivity contribution in [2.45, 2.75) is 19.8 Å². The first-order valence-electron chi connectivity index (χ1n) is 6.86. The number of fused-ring (bicyclic) bond motifs is 1. The molecular weight excluding hydrogens is 290 g/mol. The fourth-order valence-electron chi connectivity index (χ4n) is 2.78. The number of nitrogens with one attached hydrogen (secondary N) is 2. The predicted octanol–water partition coefficient (Wildman–Crippen LogP) is 2.26. The molecule has 23 heavy (non-hydrogen) atoms. The maximum atomic E-state index is 11.1. The minimum atomic E-state index is -0.527. The van der Waals surface area contributed by atoms with Crippen LogP contribution in [0.5, 0.6) is 0 Å². The second-order valence-corrected chi connectivity index (χ2v) is 5.22. The third kappa shape index (κ3) is 2.12. The quantitative estimate of drug-likeness (QED) is 0.828. The number of dihydropyridines is 1. The smallest absolute Gasteiger partial charge is 0.170 e. The van der Waals surface area contributed by atoms with Gasteiger partial charge >= 0.3 is 0 Å². The molecule has 2 heterocycles. The molecule has 0 fully saturated rings. The van der Waals surface area contributed by atoms with Gasteiger partial charge in [-0.05, 0) is 26.0 Å². The van der Waals surface area contributed by atoms with Gasteiger partial charge in [-0.1, -0.05) is 6.07 Å². The molecule has 1 aromatic carbocycles. The fourth-order valence-corrected chi connectivity index (χ4v) is 2.78. The van der Waals surface area contributed by atoms with Crippen LogP contribution in [0, 0.1) is 34.8 Å². The highest BCUT2D eigenvalue weighted by Crippen LogP contribution is 2.37. The second-order valence-electron chi connectivity index (χ2n) is 5.22. The lowest BCUT2D eigenvalue weighted by Crippen LogP contribution is -2.23. The van der Waals surface area contributed by atoms with Crippen LogP contribution in [0.1, 0.15) is 35.8 Å². The zero-order chi connectivity index (χ0) is 16.6. The molecule has 1 aromatic heterocycles. The average Bonchev–Trinajstić information content (AvgIpc) is 2.96. The molecule has 1 aliphatic rings. The Morgan fingerprint density at radius 3 is 2.43 bits per heavy atom. The van der Waals surface area contributed by atoms with Crippen molar-refractivity contribution in [2.75, 3.05) is 0 Å². The average molecular weight is 301 g/mol. The number of aromatic amines is 1. The van der Waals surface area contributed by atoms with Gasteiger partial charge in [0.1, 0.15) is 11.2 Å². The molecule has 2 N–H and O–H groups in total. The minimum absolute atomic E-state index is 0.263. The summed E-state index contributed by atoms with van der Waals surface area (Å²) in [5.41, 5.74) is 3.73. The molecule has 0 radical (unpaired) electrons. The Morgan fingerprint density at radius 1 is 1.22 bits per heavy atom. The van der Waals surface area contributed by atoms with Crippen molar-refractivity contribution >= 4 is 17.2 Å². The van der Waals surface area contributed by atoms with Gasteiger partial charge in [-0.2, -0.15) is 15.6 Å². The highest BCUT2D eigenvalue weighted by atomic mass is 16.1. The van der Waals surface area contributed by atoms with E-state index in [0.29, 0.717) is 45.3 Å². The second kappa shape index (κ2) is 5.33. The molecular formula is C17H11N5O. The summed E-state index contributed by atoms with van der Waals surface area (Å²) in [6.45, 7) is 3.58. The lowest BCUT2D eigenvalue weighted by molar-refractivity contribution is 0.112. The predicted molar refractivity (Wildman–Crippen MR) is 81.7 cm³/mol. The van der Waals surface area contributed by atoms with Crippen molar-refractivity contribution in [3.05, 3.63) is 52.0 Å². The van der Waals surface area contributed by atoms with E-state index in [2.05, 4.69) is 39.8 Å². The van der Waals surface area contributed by atoms with E-state index in [1.165, 1.54) is 0 Å². The van der Waals surface area contributed by atoms with Gasteiger partial charge in [0.15, 0.2) is 6.29 Å². The maximum Gasteiger partial charge on any atom is 0.170 e. The minimum Gasteiger partial charge on any atom is -0.361 e. The summed E-state index contributed by atoms with van der Waals surface area (Å²) in [5, 5.41) is 29.2. The van der Waals surface area contributed by atoms with Crippen LogP contribution in [0.4, 0.5) is 0 Å². The number of nitrogens with zero attached hydrogens (tertiary/aromatic N) is 3. The van der Waals surface area contributed by atoms with Crippen LogP contribution in [0.2, 0.25) is 0 Å². The fraction of sp³-hybridized carbons (Fsp3) is 0.176. The first-order chi connectivity index (χ1) is 11.1. The lowest BCUT2D eigenvalue weighted by Gasteiger charge is -2.25. The summed E-state index contributed by atoms with van der Waals surface area (Å²) >= 11 is 0. The van der Waals surface area contributed by atoms with Crippen LogP contribution in [-0.2, 0) is 0 Å². The SMILES string of the molecule is CC1=C(C#N)C(c2c#cc3[nH]nc(C=O)c3c2)C(C#N)=C(C)N1. The van der Waals surface area contributed by atoms with Crippen molar-refractivity contribution < 1.29 is 4.79 Å². The highest BCUT2D eigenvalue weighted by molar-refractivity contribution is 5.94. The van der Waals surface area contributed by atoms with Crippen molar-refractivity contribution in [1.82, 2.24) is 15.5 Å². The van der Waals surface area contributed by atoms with Crippen molar-refractivity contribution in [2.24, 2.45) is 0 Å². The molecule has 2 aromatic rings. The van der Waals surface area contributed by atoms with Gasteiger partial charge in [0, 0.05) is 22.3 Å². The Kier molecular flexibility index (Phi) is 3.33. The Bertz CT molecular complexity index is 929. The highest BCUT2D eigenvalue weighted by Gasteiger charge is 2.29. The molecule has 0 unspecified atom stereocenters. The van der Waals surface area contributed by atoms with Crippen LogP contribution < -0.4 is 5.32 Å². The third-order valence-corrected chi connectivity index (χ3v) is 3.89. The van der Waals surface area contributed by atoms with Gasteiger partial charge in [-0.3, -0.25) is 9.89 Å². The van der Waals surface area contributed by atoms with Gasteiger partial charge in [0.05, 0.1) is 29.2 Å². The maximum absolute atomic E-state index is 11.1. The topological polar surface area (TPSA) is 105 Å². The molecule has 3 rings (SSSR count). The number of hydrogen-bond donors (Lipinski definition) is 2. The van der Waals surface area contributed by atoms with Gasteiger partial charge in [-0.15, -0.1) is 0 Å². The number of aldehydes is 1. The molecule has 0 amide bonds. The summed E-state index contributed by atoms with van der Waals surface area (Å²) < 4.78 is 0. The largest absolute Gasteiger partial charge is 0.361 e. The van der Waals surface area contributed by atoms with E-state index in [9.17, 15) is 15.3 Å². The Hall–Kier alpha value is -3.56. The van der Waals surface area contributed by atoms with Crippen molar-refractivity contribution in [3.8, 4) is 12.1 Å². The summed E-state index contributed by atoms with van der Waals surface area (Å²) in [5.74, 6) is -0.527. The van der Waals surface area contributed by atoms with Crippen LogP contribution in [0.3, 0.4) is 0 Å². The third-order valence-electron chi connectivity index (χ3n) is 3.89. The lowest BCUT2D eigenvalue weighted by atomic mass is 9.82. The number of rotatable bonds is 2. The standard InChI is InChI=1S/C17H11N5O/c1-9-13(6-18)17(14(7-19)10(2)20-9)11-3-4-15-12(5-11)16(8-23)22-21-15/h5,8,17,20H,1-2H3,(H,21,22).